The van der Waals surface area contributed by atoms with Crippen molar-refractivity contribution in [1.29, 1.82) is 0 Å². The molecule has 1 fully saturated rings. The predicted molar refractivity (Wildman–Crippen MR) is 121 cm³/mol. The van der Waals surface area contributed by atoms with E-state index in [1.165, 1.54) is 0 Å². The van der Waals surface area contributed by atoms with Crippen LogP contribution in [0.2, 0.25) is 0 Å². The van der Waals surface area contributed by atoms with Crippen molar-refractivity contribution < 1.29 is 4.79 Å². The number of rotatable bonds is 7. The summed E-state index contributed by atoms with van der Waals surface area (Å²) in [5, 5.41) is 15.2. The summed E-state index contributed by atoms with van der Waals surface area (Å²) >= 11 is 0. The fraction of sp³-hybridized carbons (Fsp3) is 0.579. The van der Waals surface area contributed by atoms with E-state index in [0.29, 0.717) is 13.0 Å². The predicted octanol–water partition coefficient (Wildman–Crippen LogP) is 1.85. The van der Waals surface area contributed by atoms with Gasteiger partial charge in [0.2, 0.25) is 5.91 Å². The van der Waals surface area contributed by atoms with E-state index < -0.39 is 0 Å². The highest BCUT2D eigenvalue weighted by molar-refractivity contribution is 14.0. The smallest absolute Gasteiger partial charge is 0.222 e. The maximum atomic E-state index is 11.8. The number of halogens is 1. The Bertz CT molecular complexity index is 791. The topological polar surface area (TPSA) is 86.9 Å². The number of aryl methyl sites for hydroxylation is 1. The van der Waals surface area contributed by atoms with Crippen LogP contribution in [-0.4, -0.2) is 63.6 Å². The Morgan fingerprint density at radius 1 is 1.32 bits per heavy atom. The third-order valence-electron chi connectivity index (χ3n) is 4.74. The van der Waals surface area contributed by atoms with Crippen LogP contribution < -0.4 is 10.6 Å². The van der Waals surface area contributed by atoms with Crippen molar-refractivity contribution in [2.75, 3.05) is 26.2 Å². The standard InChI is InChI=1S/C19H29N7O.HI/c1-3-18(27)25-13-10-15(14-25)22-19(20-4-2)21-11-7-9-17-24-23-16-8-5-6-12-26(16)17;/h5-6,8,12,15H,3-4,7,9-11,13-14H2,1-2H3,(H2,20,21,22);1H. The van der Waals surface area contributed by atoms with E-state index in [2.05, 4.69) is 32.7 Å². The van der Waals surface area contributed by atoms with Gasteiger partial charge in [-0.15, -0.1) is 34.2 Å². The van der Waals surface area contributed by atoms with E-state index in [9.17, 15) is 4.79 Å². The summed E-state index contributed by atoms with van der Waals surface area (Å²) in [6, 6.07) is 6.17. The lowest BCUT2D eigenvalue weighted by Crippen LogP contribution is -2.45. The first-order valence-electron chi connectivity index (χ1n) is 9.82. The molecule has 9 heteroatoms. The van der Waals surface area contributed by atoms with Crippen LogP contribution in [0, 0.1) is 0 Å². The summed E-state index contributed by atoms with van der Waals surface area (Å²) in [6.07, 6.45) is 5.25. The van der Waals surface area contributed by atoms with Crippen LogP contribution in [0.1, 0.15) is 38.9 Å². The molecule has 2 N–H and O–H groups in total. The van der Waals surface area contributed by atoms with Crippen molar-refractivity contribution in [2.45, 2.75) is 45.6 Å². The Morgan fingerprint density at radius 2 is 2.18 bits per heavy atom. The van der Waals surface area contributed by atoms with Crippen LogP contribution >= 0.6 is 24.0 Å². The Kier molecular flexibility index (Phi) is 8.94. The number of fused-ring (bicyclic) bond motifs is 1. The van der Waals surface area contributed by atoms with E-state index >= 15 is 0 Å². The van der Waals surface area contributed by atoms with E-state index in [-0.39, 0.29) is 35.9 Å². The van der Waals surface area contributed by atoms with Gasteiger partial charge in [0.15, 0.2) is 11.6 Å². The molecule has 0 radical (unpaired) electrons. The van der Waals surface area contributed by atoms with E-state index in [1.54, 1.807) is 0 Å². The van der Waals surface area contributed by atoms with Crippen LogP contribution in [0.25, 0.3) is 5.65 Å². The molecule has 1 aliphatic rings. The van der Waals surface area contributed by atoms with Gasteiger partial charge in [-0.2, -0.15) is 0 Å². The molecule has 154 valence electrons. The Morgan fingerprint density at radius 3 is 2.96 bits per heavy atom. The van der Waals surface area contributed by atoms with Gasteiger partial charge in [-0.05, 0) is 31.9 Å². The van der Waals surface area contributed by atoms with Gasteiger partial charge < -0.3 is 15.5 Å². The number of hydrogen-bond acceptors (Lipinski definition) is 4. The van der Waals surface area contributed by atoms with Gasteiger partial charge in [0.05, 0.1) is 0 Å². The molecule has 2 aromatic heterocycles. The molecule has 0 saturated carbocycles. The molecular weight excluding hydrogens is 469 g/mol. The van der Waals surface area contributed by atoms with Crippen molar-refractivity contribution in [3.8, 4) is 0 Å². The first kappa shape index (κ1) is 22.4. The monoisotopic (exact) mass is 499 g/mol. The number of carbonyl (C=O) groups excluding carboxylic acids is 1. The molecule has 3 heterocycles. The minimum Gasteiger partial charge on any atom is -0.357 e. The van der Waals surface area contributed by atoms with Crippen LogP contribution in [0.15, 0.2) is 29.4 Å². The normalized spacial score (nSPS) is 16.9. The number of hydrogen-bond donors (Lipinski definition) is 2. The SMILES string of the molecule is CCNC(=NCCCc1nnc2ccccn12)NC1CCN(C(=O)CC)C1.I. The van der Waals surface area contributed by atoms with Gasteiger partial charge in [0.1, 0.15) is 5.82 Å². The minimum atomic E-state index is 0. The molecule has 1 unspecified atom stereocenters. The van der Waals surface area contributed by atoms with Crippen molar-refractivity contribution in [3.05, 3.63) is 30.2 Å². The second-order valence-corrected chi connectivity index (χ2v) is 6.73. The molecule has 1 aliphatic heterocycles. The molecule has 28 heavy (non-hydrogen) atoms. The number of likely N-dealkylation sites (tertiary alicyclic amines) is 1. The Balaban J connectivity index is 0.00000280. The first-order valence-corrected chi connectivity index (χ1v) is 9.82. The zero-order valence-electron chi connectivity index (χ0n) is 16.6. The van der Waals surface area contributed by atoms with Gasteiger partial charge >= 0.3 is 0 Å². The molecule has 1 amide bonds. The molecule has 0 aliphatic carbocycles. The number of nitrogens with one attached hydrogen (secondary N) is 2. The number of aliphatic imine (C=N–C) groups is 1. The number of nitrogens with zero attached hydrogens (tertiary/aromatic N) is 5. The summed E-state index contributed by atoms with van der Waals surface area (Å²) < 4.78 is 2.02. The molecule has 2 aromatic rings. The average molecular weight is 499 g/mol. The zero-order chi connectivity index (χ0) is 19.1. The molecule has 3 rings (SSSR count). The van der Waals surface area contributed by atoms with Crippen molar-refractivity contribution in [2.24, 2.45) is 4.99 Å². The molecule has 0 bridgehead atoms. The van der Waals surface area contributed by atoms with Gasteiger partial charge in [-0.25, -0.2) is 0 Å². The summed E-state index contributed by atoms with van der Waals surface area (Å²) in [7, 11) is 0. The molecule has 0 spiro atoms. The van der Waals surface area contributed by atoms with Gasteiger partial charge in [0, 0.05) is 51.3 Å². The van der Waals surface area contributed by atoms with Crippen molar-refractivity contribution in [1.82, 2.24) is 30.1 Å². The first-order chi connectivity index (χ1) is 13.2. The third-order valence-corrected chi connectivity index (χ3v) is 4.74. The lowest BCUT2D eigenvalue weighted by atomic mass is 10.2. The van der Waals surface area contributed by atoms with Gasteiger partial charge in [-0.3, -0.25) is 14.2 Å². The number of amides is 1. The largest absolute Gasteiger partial charge is 0.357 e. The highest BCUT2D eigenvalue weighted by Crippen LogP contribution is 2.10. The summed E-state index contributed by atoms with van der Waals surface area (Å²) in [4.78, 5) is 18.4. The van der Waals surface area contributed by atoms with E-state index in [0.717, 1.165) is 56.3 Å². The number of guanidine groups is 1. The Hall–Kier alpha value is -1.91. The summed E-state index contributed by atoms with van der Waals surface area (Å²) in [5.41, 5.74) is 0.874. The molecule has 1 atom stereocenters. The van der Waals surface area contributed by atoms with Crippen LogP contribution in [0.3, 0.4) is 0 Å². The third kappa shape index (κ3) is 5.79. The van der Waals surface area contributed by atoms with E-state index in [4.69, 9.17) is 0 Å². The zero-order valence-corrected chi connectivity index (χ0v) is 18.9. The number of pyridine rings is 1. The molecule has 0 aromatic carbocycles. The quantitative estimate of drug-likeness (QED) is 0.263. The maximum absolute atomic E-state index is 11.8. The molecule has 8 nitrogen and oxygen atoms in total. The number of carbonyl (C=O) groups is 1. The van der Waals surface area contributed by atoms with Crippen LogP contribution in [-0.2, 0) is 11.2 Å². The minimum absolute atomic E-state index is 0. The summed E-state index contributed by atoms with van der Waals surface area (Å²) in [6.45, 7) is 7.06. The van der Waals surface area contributed by atoms with Crippen LogP contribution in [0.5, 0.6) is 0 Å². The summed E-state index contributed by atoms with van der Waals surface area (Å²) in [5.74, 6) is 2.00. The maximum Gasteiger partial charge on any atom is 0.222 e. The fourth-order valence-corrected chi connectivity index (χ4v) is 3.33. The van der Waals surface area contributed by atoms with Crippen molar-refractivity contribution >= 4 is 41.5 Å². The van der Waals surface area contributed by atoms with Crippen LogP contribution in [0.4, 0.5) is 0 Å². The number of aromatic nitrogens is 3. The second-order valence-electron chi connectivity index (χ2n) is 6.73. The van der Waals surface area contributed by atoms with Gasteiger partial charge in [0.25, 0.3) is 0 Å². The molecular formula is C19H30IN7O. The van der Waals surface area contributed by atoms with Crippen molar-refractivity contribution in [3.63, 3.8) is 0 Å². The highest BCUT2D eigenvalue weighted by Gasteiger charge is 2.25. The second kappa shape index (κ2) is 11.2. The van der Waals surface area contributed by atoms with E-state index in [1.807, 2.05) is 40.6 Å². The average Bonchev–Trinajstić information content (AvgIpc) is 3.32. The highest BCUT2D eigenvalue weighted by atomic mass is 127. The Labute approximate surface area is 183 Å². The lowest BCUT2D eigenvalue weighted by molar-refractivity contribution is -0.129. The van der Waals surface area contributed by atoms with Gasteiger partial charge in [-0.1, -0.05) is 13.0 Å². The molecule has 1 saturated heterocycles. The fourth-order valence-electron chi connectivity index (χ4n) is 3.33. The lowest BCUT2D eigenvalue weighted by Gasteiger charge is -2.18.